The minimum atomic E-state index is -0.275. The summed E-state index contributed by atoms with van der Waals surface area (Å²) in [6.07, 6.45) is 3.03. The SMILES string of the molecule is Cn1ncc2c(=O)n(CCNc3ccc(F)cc3)cnc21. The molecule has 0 unspecified atom stereocenters. The largest absolute Gasteiger partial charge is 0.383 e. The van der Waals surface area contributed by atoms with Crippen LogP contribution in [0.25, 0.3) is 11.0 Å². The van der Waals surface area contributed by atoms with Gasteiger partial charge >= 0.3 is 0 Å². The zero-order chi connectivity index (χ0) is 14.8. The molecule has 0 aliphatic carbocycles. The molecule has 0 aliphatic heterocycles. The molecular weight excluding hydrogens is 273 g/mol. The van der Waals surface area contributed by atoms with Gasteiger partial charge in [-0.25, -0.2) is 9.37 Å². The number of rotatable bonds is 4. The van der Waals surface area contributed by atoms with Gasteiger partial charge in [0.1, 0.15) is 17.5 Å². The van der Waals surface area contributed by atoms with Crippen molar-refractivity contribution in [2.75, 3.05) is 11.9 Å². The van der Waals surface area contributed by atoms with Crippen molar-refractivity contribution in [1.29, 1.82) is 0 Å². The third-order valence-electron chi connectivity index (χ3n) is 3.24. The summed E-state index contributed by atoms with van der Waals surface area (Å²) in [5.41, 5.74) is 1.26. The van der Waals surface area contributed by atoms with Crippen molar-refractivity contribution in [1.82, 2.24) is 19.3 Å². The molecular formula is C14H14FN5O. The average Bonchev–Trinajstić information content (AvgIpc) is 2.86. The molecule has 6 nitrogen and oxygen atoms in total. The zero-order valence-electron chi connectivity index (χ0n) is 11.5. The fourth-order valence-corrected chi connectivity index (χ4v) is 2.11. The summed E-state index contributed by atoms with van der Waals surface area (Å²) in [7, 11) is 1.75. The summed E-state index contributed by atoms with van der Waals surface area (Å²) in [6, 6.07) is 6.08. The van der Waals surface area contributed by atoms with Crippen LogP contribution in [0.3, 0.4) is 0 Å². The van der Waals surface area contributed by atoms with Crippen molar-refractivity contribution < 1.29 is 4.39 Å². The van der Waals surface area contributed by atoms with E-state index in [2.05, 4.69) is 15.4 Å². The molecule has 0 bridgehead atoms. The summed E-state index contributed by atoms with van der Waals surface area (Å²) >= 11 is 0. The first-order valence-electron chi connectivity index (χ1n) is 6.52. The fraction of sp³-hybridized carbons (Fsp3) is 0.214. The van der Waals surface area contributed by atoms with E-state index < -0.39 is 0 Å². The predicted molar refractivity (Wildman–Crippen MR) is 77.7 cm³/mol. The molecule has 1 aromatic carbocycles. The first-order valence-corrected chi connectivity index (χ1v) is 6.52. The van der Waals surface area contributed by atoms with Gasteiger partial charge in [-0.1, -0.05) is 0 Å². The molecule has 108 valence electrons. The van der Waals surface area contributed by atoms with E-state index in [1.54, 1.807) is 23.9 Å². The van der Waals surface area contributed by atoms with E-state index in [4.69, 9.17) is 0 Å². The van der Waals surface area contributed by atoms with Crippen LogP contribution in [-0.4, -0.2) is 25.9 Å². The summed E-state index contributed by atoms with van der Waals surface area (Å²) in [5, 5.41) is 7.65. The maximum absolute atomic E-state index is 12.8. The third kappa shape index (κ3) is 2.62. The van der Waals surface area contributed by atoms with Gasteiger partial charge in [0.2, 0.25) is 0 Å². The predicted octanol–water partition coefficient (Wildman–Crippen LogP) is 1.38. The minimum Gasteiger partial charge on any atom is -0.383 e. The summed E-state index contributed by atoms with van der Waals surface area (Å²) in [6.45, 7) is 1.01. The Hall–Kier alpha value is -2.70. The van der Waals surface area contributed by atoms with Crippen LogP contribution < -0.4 is 10.9 Å². The Morgan fingerprint density at radius 1 is 1.29 bits per heavy atom. The van der Waals surface area contributed by atoms with Gasteiger partial charge in [-0.2, -0.15) is 5.10 Å². The average molecular weight is 287 g/mol. The van der Waals surface area contributed by atoms with Crippen molar-refractivity contribution in [2.24, 2.45) is 7.05 Å². The minimum absolute atomic E-state index is 0.117. The van der Waals surface area contributed by atoms with Crippen LogP contribution in [-0.2, 0) is 13.6 Å². The van der Waals surface area contributed by atoms with Crippen LogP contribution in [0.5, 0.6) is 0 Å². The number of fused-ring (bicyclic) bond motifs is 1. The van der Waals surface area contributed by atoms with Gasteiger partial charge in [0.05, 0.1) is 6.20 Å². The number of aromatic nitrogens is 4. The van der Waals surface area contributed by atoms with E-state index in [0.717, 1.165) is 5.69 Å². The molecule has 0 saturated carbocycles. The second-order valence-corrected chi connectivity index (χ2v) is 4.68. The highest BCUT2D eigenvalue weighted by Crippen LogP contribution is 2.08. The van der Waals surface area contributed by atoms with E-state index in [0.29, 0.717) is 24.1 Å². The Labute approximate surface area is 119 Å². The normalized spacial score (nSPS) is 11.0. The Kier molecular flexibility index (Phi) is 3.39. The molecule has 3 rings (SSSR count). The van der Waals surface area contributed by atoms with Crippen molar-refractivity contribution in [2.45, 2.75) is 6.54 Å². The van der Waals surface area contributed by atoms with E-state index in [-0.39, 0.29) is 11.4 Å². The molecule has 3 aromatic rings. The van der Waals surface area contributed by atoms with Crippen LogP contribution in [0.4, 0.5) is 10.1 Å². The fourth-order valence-electron chi connectivity index (χ4n) is 2.11. The molecule has 0 saturated heterocycles. The lowest BCUT2D eigenvalue weighted by molar-refractivity contribution is 0.628. The second kappa shape index (κ2) is 5.35. The monoisotopic (exact) mass is 287 g/mol. The van der Waals surface area contributed by atoms with Gasteiger partial charge in [-0.3, -0.25) is 14.0 Å². The zero-order valence-corrected chi connectivity index (χ0v) is 11.5. The first kappa shape index (κ1) is 13.3. The van der Waals surface area contributed by atoms with E-state index in [1.165, 1.54) is 29.2 Å². The number of benzene rings is 1. The number of nitrogens with zero attached hydrogens (tertiary/aromatic N) is 4. The van der Waals surface area contributed by atoms with Crippen LogP contribution in [0.15, 0.2) is 41.6 Å². The van der Waals surface area contributed by atoms with Gasteiger partial charge in [-0.15, -0.1) is 0 Å². The molecule has 2 heterocycles. The van der Waals surface area contributed by atoms with Gasteiger partial charge in [0, 0.05) is 25.8 Å². The second-order valence-electron chi connectivity index (χ2n) is 4.68. The van der Waals surface area contributed by atoms with Gasteiger partial charge in [0.15, 0.2) is 5.65 Å². The maximum Gasteiger partial charge on any atom is 0.264 e. The maximum atomic E-state index is 12.8. The molecule has 0 amide bonds. The molecule has 7 heteroatoms. The molecule has 21 heavy (non-hydrogen) atoms. The van der Waals surface area contributed by atoms with Crippen molar-refractivity contribution in [3.8, 4) is 0 Å². The number of hydrogen-bond acceptors (Lipinski definition) is 4. The molecule has 0 fully saturated rings. The Morgan fingerprint density at radius 3 is 2.81 bits per heavy atom. The van der Waals surface area contributed by atoms with E-state index >= 15 is 0 Å². The summed E-state index contributed by atoms with van der Waals surface area (Å²) < 4.78 is 15.9. The molecule has 0 aliphatic rings. The Balaban J connectivity index is 1.72. The van der Waals surface area contributed by atoms with Gasteiger partial charge < -0.3 is 5.32 Å². The summed E-state index contributed by atoms with van der Waals surface area (Å²) in [4.78, 5) is 16.4. The van der Waals surface area contributed by atoms with Crippen molar-refractivity contribution >= 4 is 16.7 Å². The van der Waals surface area contributed by atoms with Gasteiger partial charge in [0.25, 0.3) is 5.56 Å². The Morgan fingerprint density at radius 2 is 2.05 bits per heavy atom. The molecule has 1 N–H and O–H groups in total. The number of halogens is 1. The molecule has 0 radical (unpaired) electrons. The number of aryl methyl sites for hydroxylation is 1. The first-order chi connectivity index (χ1) is 10.1. The lowest BCUT2D eigenvalue weighted by Gasteiger charge is -2.08. The highest BCUT2D eigenvalue weighted by Gasteiger charge is 2.07. The molecule has 0 atom stereocenters. The highest BCUT2D eigenvalue weighted by molar-refractivity contribution is 5.72. The molecule has 2 aromatic heterocycles. The number of nitrogens with one attached hydrogen (secondary N) is 1. The van der Waals surface area contributed by atoms with E-state index in [9.17, 15) is 9.18 Å². The number of hydrogen-bond donors (Lipinski definition) is 1. The number of anilines is 1. The van der Waals surface area contributed by atoms with Crippen molar-refractivity contribution in [3.63, 3.8) is 0 Å². The molecule has 0 spiro atoms. The standard InChI is InChI=1S/C14H14FN5O/c1-19-13-12(8-18-19)14(21)20(9-17-13)7-6-16-11-4-2-10(15)3-5-11/h2-5,8-9,16H,6-7H2,1H3. The van der Waals surface area contributed by atoms with Crippen LogP contribution in [0.2, 0.25) is 0 Å². The Bertz CT molecular complexity index is 821. The highest BCUT2D eigenvalue weighted by atomic mass is 19.1. The third-order valence-corrected chi connectivity index (χ3v) is 3.24. The lowest BCUT2D eigenvalue weighted by atomic mass is 10.3. The quantitative estimate of drug-likeness (QED) is 0.787. The van der Waals surface area contributed by atoms with Crippen LogP contribution in [0.1, 0.15) is 0 Å². The topological polar surface area (TPSA) is 64.7 Å². The summed E-state index contributed by atoms with van der Waals surface area (Å²) in [5.74, 6) is -0.275. The smallest absolute Gasteiger partial charge is 0.264 e. The van der Waals surface area contributed by atoms with Crippen LogP contribution in [0, 0.1) is 5.82 Å². The van der Waals surface area contributed by atoms with Crippen LogP contribution >= 0.6 is 0 Å². The van der Waals surface area contributed by atoms with E-state index in [1.807, 2.05) is 0 Å². The van der Waals surface area contributed by atoms with Crippen molar-refractivity contribution in [3.05, 3.63) is 53.0 Å². The lowest BCUT2D eigenvalue weighted by Crippen LogP contribution is -2.24. The van der Waals surface area contributed by atoms with Gasteiger partial charge in [-0.05, 0) is 24.3 Å².